The van der Waals surface area contributed by atoms with Crippen molar-refractivity contribution in [2.45, 2.75) is 83.5 Å². The largest absolute Gasteiger partial charge is 0.465 e. The second-order valence-corrected chi connectivity index (χ2v) is 14.9. The van der Waals surface area contributed by atoms with Crippen molar-refractivity contribution >= 4 is 22.0 Å². The van der Waals surface area contributed by atoms with Crippen LogP contribution in [0.5, 0.6) is 0 Å². The minimum atomic E-state index is -4.65. The molecule has 3 rings (SSSR count). The molecule has 2 N–H and O–H groups in total. The summed E-state index contributed by atoms with van der Waals surface area (Å²) in [5, 5.41) is 13.2. The third-order valence-corrected chi connectivity index (χ3v) is 9.37. The molecule has 0 radical (unpaired) electrons. The van der Waals surface area contributed by atoms with Gasteiger partial charge in [0.1, 0.15) is 0 Å². The van der Waals surface area contributed by atoms with Gasteiger partial charge in [-0.25, -0.2) is 18.1 Å². The fourth-order valence-corrected chi connectivity index (χ4v) is 7.41. The molecule has 12 heteroatoms. The molecule has 8 nitrogen and oxygen atoms in total. The normalized spacial score (nSPS) is 23.5. The highest BCUT2D eigenvalue weighted by Crippen LogP contribution is 2.41. The van der Waals surface area contributed by atoms with Crippen molar-refractivity contribution in [1.29, 1.82) is 0 Å². The lowest BCUT2D eigenvalue weighted by molar-refractivity contribution is -0.139. The summed E-state index contributed by atoms with van der Waals surface area (Å²) in [4.78, 5) is 25.9. The number of hydrogen-bond acceptors (Lipinski definition) is 5. The zero-order valence-corrected chi connectivity index (χ0v) is 24.2. The highest BCUT2D eigenvalue weighted by atomic mass is 32.2. The van der Waals surface area contributed by atoms with Crippen LogP contribution in [0.25, 0.3) is 0 Å². The molecular formula is C27H40F3N3O5S. The number of halogens is 3. The van der Waals surface area contributed by atoms with Gasteiger partial charge in [0.15, 0.2) is 0 Å². The maximum absolute atomic E-state index is 13.4. The molecule has 4 atom stereocenters. The van der Waals surface area contributed by atoms with Gasteiger partial charge in [0, 0.05) is 31.2 Å². The first kappa shape index (κ1) is 31.3. The number of fused-ring (bicyclic) bond motifs is 1. The molecule has 1 aliphatic carbocycles. The Morgan fingerprint density at radius 2 is 1.74 bits per heavy atom. The third-order valence-electron chi connectivity index (χ3n) is 7.54. The number of rotatable bonds is 7. The summed E-state index contributed by atoms with van der Waals surface area (Å²) in [6.07, 6.45) is -3.98. The quantitative estimate of drug-likeness (QED) is 0.471. The lowest BCUT2D eigenvalue weighted by atomic mass is 9.83. The average molecular weight is 576 g/mol. The Kier molecular flexibility index (Phi) is 8.85. The molecule has 220 valence electrons. The molecular weight excluding hydrogens is 535 g/mol. The number of carbonyl (C=O) groups excluding carboxylic acids is 1. The van der Waals surface area contributed by atoms with E-state index in [2.05, 4.69) is 5.32 Å². The highest BCUT2D eigenvalue weighted by Gasteiger charge is 2.47. The van der Waals surface area contributed by atoms with Gasteiger partial charge in [-0.3, -0.25) is 4.79 Å². The molecule has 1 aromatic rings. The second-order valence-electron chi connectivity index (χ2n) is 13.0. The second kappa shape index (κ2) is 11.0. The van der Waals surface area contributed by atoms with E-state index in [-0.39, 0.29) is 47.8 Å². The molecule has 1 unspecified atom stereocenters. The van der Waals surface area contributed by atoms with Crippen LogP contribution in [0.3, 0.4) is 0 Å². The van der Waals surface area contributed by atoms with Crippen LogP contribution in [0.2, 0.25) is 0 Å². The van der Waals surface area contributed by atoms with Crippen molar-refractivity contribution in [2.75, 3.05) is 19.6 Å². The summed E-state index contributed by atoms with van der Waals surface area (Å²) in [5.74, 6) is -1.10. The summed E-state index contributed by atoms with van der Waals surface area (Å²) in [6, 6.07) is 3.70. The molecule has 1 saturated heterocycles. The van der Waals surface area contributed by atoms with Crippen molar-refractivity contribution in [1.82, 2.24) is 14.5 Å². The topological polar surface area (TPSA) is 107 Å². The van der Waals surface area contributed by atoms with Crippen LogP contribution in [0.1, 0.15) is 66.4 Å². The van der Waals surface area contributed by atoms with Crippen LogP contribution in [-0.4, -0.2) is 65.9 Å². The van der Waals surface area contributed by atoms with E-state index in [0.29, 0.717) is 12.5 Å². The summed E-state index contributed by atoms with van der Waals surface area (Å²) in [5.41, 5.74) is -2.17. The van der Waals surface area contributed by atoms with E-state index in [1.807, 2.05) is 20.8 Å². The average Bonchev–Trinajstić information content (AvgIpc) is 3.36. The first-order chi connectivity index (χ1) is 17.7. The molecule has 2 amide bonds. The molecule has 1 aliphatic heterocycles. The molecule has 2 aliphatic rings. The monoisotopic (exact) mass is 575 g/mol. The first-order valence-corrected chi connectivity index (χ1v) is 14.6. The van der Waals surface area contributed by atoms with Crippen molar-refractivity contribution in [3.05, 3.63) is 29.8 Å². The van der Waals surface area contributed by atoms with Gasteiger partial charge in [0.05, 0.1) is 16.4 Å². The van der Waals surface area contributed by atoms with Gasteiger partial charge in [-0.15, -0.1) is 0 Å². The Hall–Kier alpha value is -2.18. The molecule has 0 aromatic heterocycles. The molecule has 1 heterocycles. The summed E-state index contributed by atoms with van der Waals surface area (Å²) >= 11 is 0. The number of carboxylic acid groups (broad SMARTS) is 1. The van der Waals surface area contributed by atoms with Gasteiger partial charge in [0.2, 0.25) is 15.9 Å². The van der Waals surface area contributed by atoms with Crippen molar-refractivity contribution < 1.29 is 36.3 Å². The van der Waals surface area contributed by atoms with Gasteiger partial charge in [-0.1, -0.05) is 26.8 Å². The standard InChI is InChI=1S/C27H40F3N3O5S/c1-25(2,3)13-18(23(34)33(24(35)36)26(4,5)6)14-31-22-11-10-17-15-32(16-21(17)22)39(37,38)20-9-7-8-19(12-20)27(28,29)30/h7-9,12,17-18,21-22,31H,10-11,13-16H2,1-6H3,(H,35,36)/t17-,18?,21+,22+/m0/s1. The lowest BCUT2D eigenvalue weighted by Gasteiger charge is -2.36. The zero-order valence-electron chi connectivity index (χ0n) is 23.4. The Labute approximate surface area is 229 Å². The zero-order chi connectivity index (χ0) is 29.6. The number of alkyl halides is 3. The Morgan fingerprint density at radius 1 is 1.10 bits per heavy atom. The van der Waals surface area contributed by atoms with Gasteiger partial charge in [-0.05, 0) is 75.5 Å². The number of sulfonamides is 1. The molecule has 1 saturated carbocycles. The summed E-state index contributed by atoms with van der Waals surface area (Å²) in [7, 11) is -4.11. The van der Waals surface area contributed by atoms with Crippen LogP contribution < -0.4 is 5.32 Å². The smallest absolute Gasteiger partial charge is 0.416 e. The number of carbonyl (C=O) groups is 2. The lowest BCUT2D eigenvalue weighted by Crippen LogP contribution is -2.53. The van der Waals surface area contributed by atoms with E-state index in [1.165, 1.54) is 10.4 Å². The Bertz CT molecular complexity index is 1170. The van der Waals surface area contributed by atoms with E-state index >= 15 is 0 Å². The van der Waals surface area contributed by atoms with Crippen LogP contribution in [0.15, 0.2) is 29.2 Å². The molecule has 2 fully saturated rings. The van der Waals surface area contributed by atoms with E-state index in [0.717, 1.165) is 29.9 Å². The maximum atomic E-state index is 13.4. The number of nitrogens with zero attached hydrogens (tertiary/aromatic N) is 2. The number of imide groups is 1. The van der Waals surface area contributed by atoms with Crippen LogP contribution >= 0.6 is 0 Å². The van der Waals surface area contributed by atoms with Gasteiger partial charge in [0.25, 0.3) is 0 Å². The van der Waals surface area contributed by atoms with E-state index in [4.69, 9.17) is 0 Å². The maximum Gasteiger partial charge on any atom is 0.416 e. The highest BCUT2D eigenvalue weighted by molar-refractivity contribution is 7.89. The SMILES string of the molecule is CC(C)(C)CC(CN[C@@H]1CC[C@H]2CN(S(=O)(=O)c3cccc(C(F)(F)F)c3)C[C@H]21)C(=O)N(C(=O)O)C(C)(C)C. The van der Waals surface area contributed by atoms with Gasteiger partial charge < -0.3 is 10.4 Å². The van der Waals surface area contributed by atoms with E-state index in [9.17, 15) is 36.3 Å². The number of amides is 2. The van der Waals surface area contributed by atoms with Crippen molar-refractivity contribution in [3.63, 3.8) is 0 Å². The fraction of sp³-hybridized carbons (Fsp3) is 0.704. The van der Waals surface area contributed by atoms with Crippen molar-refractivity contribution in [2.24, 2.45) is 23.2 Å². The fourth-order valence-electron chi connectivity index (χ4n) is 5.83. The predicted molar refractivity (Wildman–Crippen MR) is 140 cm³/mol. The third kappa shape index (κ3) is 7.32. The predicted octanol–water partition coefficient (Wildman–Crippen LogP) is 5.05. The number of benzene rings is 1. The number of hydrogen-bond donors (Lipinski definition) is 2. The van der Waals surface area contributed by atoms with E-state index < -0.39 is 45.2 Å². The van der Waals surface area contributed by atoms with Gasteiger partial charge in [-0.2, -0.15) is 17.5 Å². The summed E-state index contributed by atoms with van der Waals surface area (Å²) < 4.78 is 67.2. The van der Waals surface area contributed by atoms with Crippen molar-refractivity contribution in [3.8, 4) is 0 Å². The minimum absolute atomic E-state index is 0.0462. The molecule has 0 bridgehead atoms. The van der Waals surface area contributed by atoms with Crippen LogP contribution in [0.4, 0.5) is 18.0 Å². The molecule has 39 heavy (non-hydrogen) atoms. The molecule has 0 spiro atoms. The first-order valence-electron chi connectivity index (χ1n) is 13.2. The Balaban J connectivity index is 1.74. The van der Waals surface area contributed by atoms with Crippen LogP contribution in [0, 0.1) is 23.2 Å². The van der Waals surface area contributed by atoms with Crippen LogP contribution in [-0.2, 0) is 21.0 Å². The molecule has 1 aromatic carbocycles. The Morgan fingerprint density at radius 3 is 2.28 bits per heavy atom. The summed E-state index contributed by atoms with van der Waals surface area (Å²) in [6.45, 7) is 11.6. The van der Waals surface area contributed by atoms with E-state index in [1.54, 1.807) is 20.8 Å². The van der Waals surface area contributed by atoms with Gasteiger partial charge >= 0.3 is 12.3 Å². The minimum Gasteiger partial charge on any atom is -0.465 e. The number of nitrogens with one attached hydrogen (secondary N) is 1.